The molecule has 0 saturated heterocycles. The van der Waals surface area contributed by atoms with E-state index in [1.165, 1.54) is 26.0 Å². The number of nitrogens with two attached hydrogens (primary N) is 1. The standard InChI is InChI=1S/C20H23N3O4.C11H16N2O2.C9H9NO3.CH3F.CH4/c1-13(24)21-15-11-9-14(10-12-15)18(25)22-16-7-5-6-8-17(16)23-19(26)27-20(2,3)4;1-11(2,3)15-10(14)13-9-7-5-4-6-8(9)12;1-6(11)10-8-4-2-7(3-5-8)9(12)13;1-2;/h5-12H,1-4H3,(H,21,24)(H,22,25)(H,23,26);4-7H,12H2,1-3H3,(H,13,14);2-5H,1H3,(H,10,11)(H,12,13);1H3;1H4/i;;;1D;. The molecule has 0 heterocycles. The highest BCUT2D eigenvalue weighted by Crippen LogP contribution is 2.23. The molecule has 4 rings (SSSR count). The lowest BCUT2D eigenvalue weighted by Crippen LogP contribution is -2.27. The maximum atomic E-state index is 12.5. The number of rotatable bonds is 7. The quantitative estimate of drug-likeness (QED) is 0.0875. The Labute approximate surface area is 340 Å². The van der Waals surface area contributed by atoms with Crippen LogP contribution in [0, 0.1) is 0 Å². The summed E-state index contributed by atoms with van der Waals surface area (Å²) in [4.78, 5) is 67.9. The molecule has 4 aromatic rings. The Balaban J connectivity index is 0.000000890. The Morgan fingerprint density at radius 3 is 1.29 bits per heavy atom. The summed E-state index contributed by atoms with van der Waals surface area (Å²) in [5.74, 6) is -1.69. The van der Waals surface area contributed by atoms with Crippen molar-refractivity contribution in [2.75, 3.05) is 39.5 Å². The molecule has 0 atom stereocenters. The summed E-state index contributed by atoms with van der Waals surface area (Å²) in [6.07, 6.45) is -1.11. The molecular formula is C42H55FN6O9. The van der Waals surface area contributed by atoms with Gasteiger partial charge in [0.15, 0.2) is 0 Å². The topological polar surface area (TPSA) is 227 Å². The second kappa shape index (κ2) is 24.5. The van der Waals surface area contributed by atoms with Crippen molar-refractivity contribution in [2.45, 2.75) is 74.0 Å². The van der Waals surface area contributed by atoms with Crippen LogP contribution in [0.25, 0.3) is 0 Å². The average molecular weight is 808 g/mol. The van der Waals surface area contributed by atoms with Gasteiger partial charge in [-0.3, -0.25) is 29.4 Å². The van der Waals surface area contributed by atoms with Crippen molar-refractivity contribution < 1.29 is 49.1 Å². The fraction of sp³-hybridized carbons (Fsp3) is 0.286. The molecule has 8 N–H and O–H groups in total. The first-order valence-corrected chi connectivity index (χ1v) is 17.1. The highest BCUT2D eigenvalue weighted by atomic mass is 19.1. The third-order valence-electron chi connectivity index (χ3n) is 6.33. The molecule has 0 spiro atoms. The Morgan fingerprint density at radius 1 is 0.586 bits per heavy atom. The first kappa shape index (κ1) is 49.0. The average Bonchev–Trinajstić information content (AvgIpc) is 3.09. The van der Waals surface area contributed by atoms with Gasteiger partial charge in [-0.15, -0.1) is 0 Å². The number of halogens is 1. The van der Waals surface area contributed by atoms with Crippen LogP contribution < -0.4 is 32.3 Å². The van der Waals surface area contributed by atoms with E-state index in [2.05, 4.69) is 26.6 Å². The lowest BCUT2D eigenvalue weighted by atomic mass is 10.1. The number of nitrogen functional groups attached to an aromatic ring is 1. The van der Waals surface area contributed by atoms with Crippen molar-refractivity contribution in [3.63, 3.8) is 0 Å². The molecule has 16 heteroatoms. The predicted octanol–water partition coefficient (Wildman–Crippen LogP) is 9.43. The summed E-state index contributed by atoms with van der Waals surface area (Å²) in [5.41, 5.74) is 8.29. The minimum absolute atomic E-state index is 0. The van der Waals surface area contributed by atoms with Gasteiger partial charge in [-0.25, -0.2) is 14.4 Å². The summed E-state index contributed by atoms with van der Waals surface area (Å²) in [7, 11) is -1.00. The van der Waals surface area contributed by atoms with Crippen molar-refractivity contribution in [3.05, 3.63) is 108 Å². The molecule has 5 amide bonds. The van der Waals surface area contributed by atoms with Gasteiger partial charge in [0.2, 0.25) is 11.8 Å². The zero-order valence-electron chi connectivity index (χ0n) is 34.1. The lowest BCUT2D eigenvalue weighted by molar-refractivity contribution is -0.115. The van der Waals surface area contributed by atoms with Gasteiger partial charge in [-0.2, -0.15) is 0 Å². The number of anilines is 6. The number of carbonyl (C=O) groups is 6. The van der Waals surface area contributed by atoms with Gasteiger partial charge in [0.25, 0.3) is 5.91 Å². The van der Waals surface area contributed by atoms with Crippen LogP contribution in [0.4, 0.5) is 48.1 Å². The van der Waals surface area contributed by atoms with Crippen LogP contribution in [0.15, 0.2) is 97.1 Å². The van der Waals surface area contributed by atoms with Gasteiger partial charge in [0.05, 0.1) is 36.8 Å². The lowest BCUT2D eigenvalue weighted by Gasteiger charge is -2.20. The second-order valence-electron chi connectivity index (χ2n) is 13.7. The van der Waals surface area contributed by atoms with Gasteiger partial charge in [0, 0.05) is 30.8 Å². The van der Waals surface area contributed by atoms with E-state index in [1.807, 2.05) is 0 Å². The maximum Gasteiger partial charge on any atom is 0.412 e. The van der Waals surface area contributed by atoms with E-state index in [9.17, 15) is 33.2 Å². The molecule has 0 bridgehead atoms. The van der Waals surface area contributed by atoms with Gasteiger partial charge >= 0.3 is 18.2 Å². The van der Waals surface area contributed by atoms with E-state index in [0.29, 0.717) is 39.7 Å². The highest BCUT2D eigenvalue weighted by Gasteiger charge is 2.18. The summed E-state index contributed by atoms with van der Waals surface area (Å²) in [6, 6.07) is 26.3. The number of ether oxygens (including phenoxy) is 2. The zero-order chi connectivity index (χ0) is 44.1. The summed E-state index contributed by atoms with van der Waals surface area (Å²) in [5, 5.41) is 21.7. The van der Waals surface area contributed by atoms with Crippen LogP contribution in [-0.4, -0.2) is 59.3 Å². The molecule has 0 aliphatic carbocycles. The Morgan fingerprint density at radius 2 is 0.931 bits per heavy atom. The van der Waals surface area contributed by atoms with E-state index < -0.39 is 36.5 Å². The van der Waals surface area contributed by atoms with Crippen molar-refractivity contribution in [1.82, 2.24) is 0 Å². The number of benzene rings is 4. The fourth-order valence-corrected chi connectivity index (χ4v) is 4.14. The second-order valence-corrected chi connectivity index (χ2v) is 13.7. The van der Waals surface area contributed by atoms with Crippen LogP contribution >= 0.6 is 0 Å². The number of carboxylic acids is 1. The van der Waals surface area contributed by atoms with E-state index in [4.69, 9.17) is 21.7 Å². The maximum absolute atomic E-state index is 12.5. The van der Waals surface area contributed by atoms with Gasteiger partial charge in [0.1, 0.15) is 11.2 Å². The van der Waals surface area contributed by atoms with Gasteiger partial charge in [-0.05, 0) is 114 Å². The predicted molar refractivity (Wildman–Crippen MR) is 227 cm³/mol. The van der Waals surface area contributed by atoms with Crippen molar-refractivity contribution in [2.24, 2.45) is 0 Å². The number of alkyl halides is 1. The molecule has 58 heavy (non-hydrogen) atoms. The number of nitrogens with one attached hydrogen (secondary N) is 5. The Kier molecular flexibility index (Phi) is 20.7. The van der Waals surface area contributed by atoms with Gasteiger partial charge in [-0.1, -0.05) is 31.7 Å². The molecule has 0 aliphatic rings. The first-order valence-electron chi connectivity index (χ1n) is 17.8. The molecular weight excluding hydrogens is 751 g/mol. The van der Waals surface area contributed by atoms with E-state index >= 15 is 0 Å². The van der Waals surface area contributed by atoms with Crippen molar-refractivity contribution in [1.29, 1.82) is 0 Å². The molecule has 15 nitrogen and oxygen atoms in total. The number of carboxylic acid groups (broad SMARTS) is 1. The smallest absolute Gasteiger partial charge is 0.412 e. The van der Waals surface area contributed by atoms with Crippen LogP contribution in [0.3, 0.4) is 0 Å². The fourth-order valence-electron chi connectivity index (χ4n) is 4.14. The van der Waals surface area contributed by atoms with Crippen LogP contribution in [0.2, 0.25) is 0 Å². The molecule has 0 aliphatic heterocycles. The molecule has 0 saturated carbocycles. The Hall–Kier alpha value is -6.97. The zero-order valence-corrected chi connectivity index (χ0v) is 33.1. The first-order chi connectivity index (χ1) is 27.0. The number of hydrogen-bond donors (Lipinski definition) is 7. The molecule has 0 fully saturated rings. The molecule has 0 radical (unpaired) electrons. The summed E-state index contributed by atoms with van der Waals surface area (Å²) >= 11 is 0. The third-order valence-corrected chi connectivity index (χ3v) is 6.33. The van der Waals surface area contributed by atoms with Crippen LogP contribution in [-0.2, 0) is 19.1 Å². The monoisotopic (exact) mass is 807 g/mol. The minimum atomic E-state index is -1.00. The van der Waals surface area contributed by atoms with E-state index in [0.717, 1.165) is 0 Å². The molecule has 4 aromatic carbocycles. The van der Waals surface area contributed by atoms with E-state index in [-0.39, 0.29) is 30.7 Å². The van der Waals surface area contributed by atoms with Gasteiger partial charge < -0.3 is 36.3 Å². The van der Waals surface area contributed by atoms with Crippen molar-refractivity contribution >= 4 is 70.0 Å². The Bertz CT molecular complexity index is 1980. The number of para-hydroxylation sites is 4. The molecule has 0 aromatic heterocycles. The minimum Gasteiger partial charge on any atom is -0.478 e. The number of carbonyl (C=O) groups excluding carboxylic acids is 5. The highest BCUT2D eigenvalue weighted by molar-refractivity contribution is 6.07. The van der Waals surface area contributed by atoms with Crippen molar-refractivity contribution in [3.8, 4) is 0 Å². The van der Waals surface area contributed by atoms with Crippen LogP contribution in [0.1, 0.15) is 84.9 Å². The summed E-state index contributed by atoms with van der Waals surface area (Å²) in [6.45, 7) is 13.5. The van der Waals surface area contributed by atoms with E-state index in [1.54, 1.807) is 126 Å². The van der Waals surface area contributed by atoms with Crippen LogP contribution in [0.5, 0.6) is 0 Å². The molecule has 314 valence electrons. The number of hydrogen-bond acceptors (Lipinski definition) is 9. The SMILES string of the molecule is C.CC(=O)Nc1ccc(C(=O)Nc2ccccc2NC(=O)OC(C)(C)C)cc1.CC(=O)Nc1ccc(C(=O)O)cc1.CC(C)(C)OC(=O)Nc1ccccc1N.[2H]CF. The third kappa shape index (κ3) is 21.2. The normalized spacial score (nSPS) is 10.2. The molecule has 0 unspecified atom stereocenters. The summed E-state index contributed by atoms with van der Waals surface area (Å²) < 4.78 is 25.8. The number of aromatic carboxylic acids is 1. The largest absolute Gasteiger partial charge is 0.478 e. The number of amides is 5.